The van der Waals surface area contributed by atoms with Gasteiger partial charge >= 0.3 is 0 Å². The number of hydrogen-bond donors (Lipinski definition) is 1. The molecule has 0 bridgehead atoms. The molecule has 1 saturated heterocycles. The van der Waals surface area contributed by atoms with Crippen molar-refractivity contribution in [2.24, 2.45) is 0 Å². The van der Waals surface area contributed by atoms with Crippen molar-refractivity contribution in [1.82, 2.24) is 14.8 Å². The summed E-state index contributed by atoms with van der Waals surface area (Å²) in [5.41, 5.74) is 3.22. The van der Waals surface area contributed by atoms with Crippen LogP contribution in [-0.2, 0) is 6.42 Å². The van der Waals surface area contributed by atoms with Gasteiger partial charge in [0.2, 0.25) is 0 Å². The van der Waals surface area contributed by atoms with Crippen LogP contribution in [0.4, 0.5) is 4.39 Å². The van der Waals surface area contributed by atoms with Crippen molar-refractivity contribution >= 4 is 22.5 Å². The second kappa shape index (κ2) is 11.0. The summed E-state index contributed by atoms with van der Waals surface area (Å²) in [6.45, 7) is 11.5. The van der Waals surface area contributed by atoms with E-state index in [-0.39, 0.29) is 18.2 Å². The lowest BCUT2D eigenvalue weighted by molar-refractivity contribution is 0.0667. The standard InChI is InChI=1S/C31H41ClFN3O/c1-5-6-15-35-16-13-22(14-17-35)37-23-11-12-25(27(32)19-23)30-29-26(24-9-7-8-10-28(24)34-29)18-21(2)36(30)20-31(3,4)33/h7-12,19,21-22,30,34H,5-6,13-18,20H2,1-4H3/t21-,30-/m1/s1. The van der Waals surface area contributed by atoms with Crippen molar-refractivity contribution in [1.29, 1.82) is 0 Å². The van der Waals surface area contributed by atoms with E-state index in [1.807, 2.05) is 12.1 Å². The molecule has 1 fully saturated rings. The van der Waals surface area contributed by atoms with Gasteiger partial charge in [0, 0.05) is 47.3 Å². The minimum absolute atomic E-state index is 0.149. The number of ether oxygens (including phenoxy) is 1. The average Bonchev–Trinajstić information content (AvgIpc) is 3.22. The first-order valence-corrected chi connectivity index (χ1v) is 14.3. The smallest absolute Gasteiger partial charge is 0.121 e. The lowest BCUT2D eigenvalue weighted by atomic mass is 9.87. The van der Waals surface area contributed by atoms with E-state index >= 15 is 4.39 Å². The Kier molecular flexibility index (Phi) is 7.86. The summed E-state index contributed by atoms with van der Waals surface area (Å²) in [5, 5.41) is 1.91. The van der Waals surface area contributed by atoms with Crippen molar-refractivity contribution in [2.75, 3.05) is 26.2 Å². The molecule has 0 unspecified atom stereocenters. The van der Waals surface area contributed by atoms with Gasteiger partial charge in [0.25, 0.3) is 0 Å². The number of benzene rings is 2. The van der Waals surface area contributed by atoms with E-state index in [2.05, 4.69) is 59.0 Å². The van der Waals surface area contributed by atoms with Crippen LogP contribution in [0.3, 0.4) is 0 Å². The van der Waals surface area contributed by atoms with E-state index < -0.39 is 5.67 Å². The van der Waals surface area contributed by atoms with Crippen molar-refractivity contribution in [3.05, 3.63) is 64.3 Å². The number of aromatic nitrogens is 1. The summed E-state index contributed by atoms with van der Waals surface area (Å²) in [4.78, 5) is 8.48. The molecular weight excluding hydrogens is 485 g/mol. The fraction of sp³-hybridized carbons (Fsp3) is 0.548. The van der Waals surface area contributed by atoms with Gasteiger partial charge in [-0.2, -0.15) is 0 Å². The number of hydrogen-bond acceptors (Lipinski definition) is 3. The predicted octanol–water partition coefficient (Wildman–Crippen LogP) is 7.55. The van der Waals surface area contributed by atoms with Crippen LogP contribution in [-0.4, -0.2) is 58.8 Å². The molecule has 2 aliphatic heterocycles. The number of H-pyrrole nitrogens is 1. The fourth-order valence-corrected chi connectivity index (χ4v) is 6.42. The van der Waals surface area contributed by atoms with E-state index in [0.29, 0.717) is 11.6 Å². The Bertz CT molecular complexity index is 1210. The Labute approximate surface area is 226 Å². The maximum Gasteiger partial charge on any atom is 0.121 e. The Morgan fingerprint density at radius 1 is 1.14 bits per heavy atom. The quantitative estimate of drug-likeness (QED) is 0.329. The number of unbranched alkanes of at least 4 members (excludes halogenated alkanes) is 1. The highest BCUT2D eigenvalue weighted by atomic mass is 35.5. The zero-order valence-corrected chi connectivity index (χ0v) is 23.5. The van der Waals surface area contributed by atoms with Crippen molar-refractivity contribution in [2.45, 2.75) is 83.7 Å². The number of para-hydroxylation sites is 1. The molecule has 2 atom stereocenters. The van der Waals surface area contributed by atoms with Crippen molar-refractivity contribution in [3.8, 4) is 5.75 Å². The highest BCUT2D eigenvalue weighted by Crippen LogP contribution is 2.44. The molecule has 0 amide bonds. The maximum atomic E-state index is 15.0. The highest BCUT2D eigenvalue weighted by Gasteiger charge is 2.39. The van der Waals surface area contributed by atoms with Crippen LogP contribution in [0.1, 0.15) is 76.2 Å². The normalized spacial score (nSPS) is 21.9. The number of halogens is 2. The SMILES string of the molecule is CCCCN1CCC(Oc2ccc([C@@H]3c4[nH]c5ccccc5c4C[C@@H](C)N3CC(C)(C)F)c(Cl)c2)CC1. The van der Waals surface area contributed by atoms with Gasteiger partial charge in [0.05, 0.1) is 6.04 Å². The molecule has 3 aromatic rings. The molecule has 0 radical (unpaired) electrons. The average molecular weight is 526 g/mol. The van der Waals surface area contributed by atoms with Crippen molar-refractivity contribution in [3.63, 3.8) is 0 Å². The van der Waals surface area contributed by atoms with Gasteiger partial charge in [-0.3, -0.25) is 4.90 Å². The number of fused-ring (bicyclic) bond motifs is 3. The van der Waals surface area contributed by atoms with Gasteiger partial charge in [-0.15, -0.1) is 0 Å². The van der Waals surface area contributed by atoms with Crippen LogP contribution >= 0.6 is 11.6 Å². The number of piperidine rings is 1. The molecule has 200 valence electrons. The van der Waals surface area contributed by atoms with E-state index in [4.69, 9.17) is 16.3 Å². The Morgan fingerprint density at radius 3 is 2.59 bits per heavy atom. The Morgan fingerprint density at radius 2 is 1.89 bits per heavy atom. The number of likely N-dealkylation sites (tertiary alicyclic amines) is 1. The van der Waals surface area contributed by atoms with Crippen LogP contribution in [0.2, 0.25) is 5.02 Å². The van der Waals surface area contributed by atoms with Crippen LogP contribution in [0, 0.1) is 0 Å². The molecule has 0 saturated carbocycles. The van der Waals surface area contributed by atoms with E-state index in [1.54, 1.807) is 13.8 Å². The molecule has 2 aliphatic rings. The third kappa shape index (κ3) is 5.84. The summed E-state index contributed by atoms with van der Waals surface area (Å²) in [6.07, 6.45) is 5.68. The van der Waals surface area contributed by atoms with E-state index in [9.17, 15) is 0 Å². The van der Waals surface area contributed by atoms with E-state index in [1.165, 1.54) is 30.3 Å². The Hall–Kier alpha value is -2.08. The third-order valence-corrected chi connectivity index (χ3v) is 8.34. The fourth-order valence-electron chi connectivity index (χ4n) is 6.15. The van der Waals surface area contributed by atoms with Crippen LogP contribution in [0.5, 0.6) is 5.75 Å². The molecule has 0 spiro atoms. The van der Waals surface area contributed by atoms with Crippen molar-refractivity contribution < 1.29 is 9.13 Å². The monoisotopic (exact) mass is 525 g/mol. The minimum atomic E-state index is -1.32. The topological polar surface area (TPSA) is 31.5 Å². The first-order valence-electron chi connectivity index (χ1n) is 14.0. The molecule has 1 N–H and O–H groups in total. The number of aromatic amines is 1. The number of rotatable bonds is 8. The molecule has 5 rings (SSSR count). The summed E-state index contributed by atoms with van der Waals surface area (Å²) in [7, 11) is 0. The molecule has 1 aromatic heterocycles. The van der Waals surface area contributed by atoms with E-state index in [0.717, 1.165) is 54.9 Å². The third-order valence-electron chi connectivity index (χ3n) is 8.01. The molecule has 37 heavy (non-hydrogen) atoms. The summed E-state index contributed by atoms with van der Waals surface area (Å²) < 4.78 is 21.4. The van der Waals surface area contributed by atoms with Gasteiger partial charge < -0.3 is 14.6 Å². The number of nitrogens with one attached hydrogen (secondary N) is 1. The zero-order valence-electron chi connectivity index (χ0n) is 22.7. The largest absolute Gasteiger partial charge is 0.490 e. The van der Waals surface area contributed by atoms with Gasteiger partial charge in [-0.25, -0.2) is 4.39 Å². The molecule has 6 heteroatoms. The van der Waals surface area contributed by atoms with Crippen LogP contribution < -0.4 is 4.74 Å². The number of nitrogens with zero attached hydrogens (tertiary/aromatic N) is 2. The molecule has 0 aliphatic carbocycles. The van der Waals surface area contributed by atoms with Crippen LogP contribution in [0.25, 0.3) is 10.9 Å². The van der Waals surface area contributed by atoms with Gasteiger partial charge in [-0.1, -0.05) is 49.2 Å². The van der Waals surface area contributed by atoms with Crippen LogP contribution in [0.15, 0.2) is 42.5 Å². The molecule has 2 aromatic carbocycles. The zero-order chi connectivity index (χ0) is 26.2. The first kappa shape index (κ1) is 26.5. The predicted molar refractivity (Wildman–Crippen MR) is 152 cm³/mol. The van der Waals surface area contributed by atoms with Gasteiger partial charge in [-0.05, 0) is 82.3 Å². The lowest BCUT2D eigenvalue weighted by Crippen LogP contribution is -2.47. The summed E-state index contributed by atoms with van der Waals surface area (Å²) in [6, 6.07) is 14.6. The second-order valence-corrected chi connectivity index (χ2v) is 12.0. The first-order chi connectivity index (χ1) is 17.7. The second-order valence-electron chi connectivity index (χ2n) is 11.6. The summed E-state index contributed by atoms with van der Waals surface area (Å²) >= 11 is 6.99. The Balaban J connectivity index is 1.42. The highest BCUT2D eigenvalue weighted by molar-refractivity contribution is 6.31. The molecule has 4 nitrogen and oxygen atoms in total. The summed E-state index contributed by atoms with van der Waals surface area (Å²) in [5.74, 6) is 0.818. The lowest BCUT2D eigenvalue weighted by Gasteiger charge is -2.43. The van der Waals surface area contributed by atoms with Gasteiger partial charge in [0.1, 0.15) is 17.5 Å². The molecular formula is C31H41ClFN3O. The minimum Gasteiger partial charge on any atom is -0.490 e. The molecule has 3 heterocycles. The maximum absolute atomic E-state index is 15.0. The van der Waals surface area contributed by atoms with Gasteiger partial charge in [0.15, 0.2) is 0 Å². The number of alkyl halides is 1.